The van der Waals surface area contributed by atoms with Crippen LogP contribution in [0.4, 0.5) is 10.1 Å². The Labute approximate surface area is 169 Å². The number of amides is 2. The molecule has 0 aromatic heterocycles. The smallest absolute Gasteiger partial charge is 0.239 e. The minimum Gasteiger partial charge on any atom is -0.349 e. The van der Waals surface area contributed by atoms with Gasteiger partial charge in [-0.25, -0.2) is 4.39 Å². The molecular weight excluding hydrogens is 431 g/mol. The molecule has 1 saturated heterocycles. The van der Waals surface area contributed by atoms with Gasteiger partial charge in [-0.3, -0.25) is 9.59 Å². The number of fused-ring (bicyclic) bond motifs is 1. The second-order valence-electron chi connectivity index (χ2n) is 6.69. The highest BCUT2D eigenvalue weighted by Gasteiger charge is 2.38. The van der Waals surface area contributed by atoms with E-state index in [2.05, 4.69) is 21.2 Å². The predicted octanol–water partition coefficient (Wildman–Crippen LogP) is 4.29. The monoisotopic (exact) mass is 448 g/mol. The summed E-state index contributed by atoms with van der Waals surface area (Å²) >= 11 is 5.07. The zero-order valence-electron chi connectivity index (χ0n) is 14.5. The summed E-state index contributed by atoms with van der Waals surface area (Å²) in [5.74, 6) is -0.615. The van der Waals surface area contributed by atoms with Crippen LogP contribution in [0.3, 0.4) is 0 Å². The maximum atomic E-state index is 13.7. The largest absolute Gasteiger partial charge is 0.349 e. The van der Waals surface area contributed by atoms with Crippen molar-refractivity contribution >= 4 is 45.2 Å². The lowest BCUT2D eigenvalue weighted by Crippen LogP contribution is -2.39. The predicted molar refractivity (Wildman–Crippen MR) is 107 cm³/mol. The Kier molecular flexibility index (Phi) is 5.23. The summed E-state index contributed by atoms with van der Waals surface area (Å²) in [7, 11) is 0. The van der Waals surface area contributed by atoms with E-state index in [1.165, 1.54) is 12.1 Å². The summed E-state index contributed by atoms with van der Waals surface area (Å²) in [6.07, 6.45) is 1.21. The van der Waals surface area contributed by atoms with Gasteiger partial charge in [0.2, 0.25) is 11.8 Å². The molecule has 0 saturated carbocycles. The molecule has 0 radical (unpaired) electrons. The first-order valence-corrected chi connectivity index (χ1v) is 10.6. The second-order valence-corrected chi connectivity index (χ2v) is 8.74. The number of carbonyl (C=O) groups is 2. The van der Waals surface area contributed by atoms with Crippen LogP contribution >= 0.6 is 27.7 Å². The quantitative estimate of drug-likeness (QED) is 0.712. The fraction of sp³-hybridized carbons (Fsp3) is 0.300. The Hall–Kier alpha value is -1.86. The van der Waals surface area contributed by atoms with E-state index in [1.54, 1.807) is 22.7 Å². The van der Waals surface area contributed by atoms with Crippen molar-refractivity contribution in [3.8, 4) is 0 Å². The number of rotatable bonds is 3. The molecule has 2 aliphatic heterocycles. The van der Waals surface area contributed by atoms with Gasteiger partial charge in [0.05, 0.1) is 6.04 Å². The SMILES string of the molecule is O=C(NC1CCSc2ccc(F)cc21)C1CCN(c2cccc(Br)c2)C1=O. The topological polar surface area (TPSA) is 49.4 Å². The highest BCUT2D eigenvalue weighted by molar-refractivity contribution is 9.10. The Morgan fingerprint density at radius 3 is 2.89 bits per heavy atom. The standard InChI is InChI=1S/C20H18BrFN2O2S/c21-12-2-1-3-14(10-12)24-8-6-15(20(24)26)19(25)23-17-7-9-27-18-5-4-13(22)11-16(17)18/h1-5,10-11,15,17H,6-9H2,(H,23,25). The van der Waals surface area contributed by atoms with Gasteiger partial charge in [-0.2, -0.15) is 0 Å². The molecule has 1 N–H and O–H groups in total. The van der Waals surface area contributed by atoms with Crippen molar-refractivity contribution in [2.45, 2.75) is 23.8 Å². The molecule has 27 heavy (non-hydrogen) atoms. The number of hydrogen-bond acceptors (Lipinski definition) is 3. The number of thioether (sulfide) groups is 1. The molecule has 2 amide bonds. The molecular formula is C20H18BrFN2O2S. The van der Waals surface area contributed by atoms with Crippen molar-refractivity contribution in [3.05, 3.63) is 58.3 Å². The minimum absolute atomic E-state index is 0.185. The van der Waals surface area contributed by atoms with E-state index in [9.17, 15) is 14.0 Å². The summed E-state index contributed by atoms with van der Waals surface area (Å²) in [6.45, 7) is 0.513. The molecule has 1 fully saturated rings. The van der Waals surface area contributed by atoms with Crippen LogP contribution in [0, 0.1) is 11.7 Å². The van der Waals surface area contributed by atoms with Gasteiger partial charge in [0.1, 0.15) is 11.7 Å². The van der Waals surface area contributed by atoms with E-state index < -0.39 is 5.92 Å². The summed E-state index contributed by atoms with van der Waals surface area (Å²) in [4.78, 5) is 28.2. The summed E-state index contributed by atoms with van der Waals surface area (Å²) in [5, 5.41) is 2.98. The molecule has 0 bridgehead atoms. The number of anilines is 1. The van der Waals surface area contributed by atoms with Gasteiger partial charge in [0.15, 0.2) is 0 Å². The van der Waals surface area contributed by atoms with Crippen molar-refractivity contribution < 1.29 is 14.0 Å². The molecule has 4 nitrogen and oxygen atoms in total. The zero-order valence-corrected chi connectivity index (χ0v) is 16.9. The highest BCUT2D eigenvalue weighted by atomic mass is 79.9. The third-order valence-corrected chi connectivity index (χ3v) is 6.59. The van der Waals surface area contributed by atoms with Crippen molar-refractivity contribution in [3.63, 3.8) is 0 Å². The average molecular weight is 449 g/mol. The van der Waals surface area contributed by atoms with E-state index >= 15 is 0 Å². The molecule has 4 rings (SSSR count). The van der Waals surface area contributed by atoms with Crippen LogP contribution in [0.25, 0.3) is 0 Å². The summed E-state index contributed by atoms with van der Waals surface area (Å²) in [5.41, 5.74) is 1.58. The molecule has 2 aromatic rings. The normalized spacial score (nSPS) is 21.9. The van der Waals surface area contributed by atoms with E-state index in [0.29, 0.717) is 13.0 Å². The average Bonchev–Trinajstić information content (AvgIpc) is 3.04. The third kappa shape index (κ3) is 3.75. The molecule has 140 valence electrons. The first kappa shape index (κ1) is 18.5. The van der Waals surface area contributed by atoms with Crippen LogP contribution in [0.15, 0.2) is 51.8 Å². The van der Waals surface area contributed by atoms with Gasteiger partial charge in [0, 0.05) is 27.4 Å². The summed E-state index contributed by atoms with van der Waals surface area (Å²) < 4.78 is 14.5. The van der Waals surface area contributed by atoms with Crippen molar-refractivity contribution in [2.24, 2.45) is 5.92 Å². The van der Waals surface area contributed by atoms with Crippen LogP contribution in [0.1, 0.15) is 24.4 Å². The Bertz CT molecular complexity index is 907. The number of nitrogens with zero attached hydrogens (tertiary/aromatic N) is 1. The van der Waals surface area contributed by atoms with Gasteiger partial charge >= 0.3 is 0 Å². The summed E-state index contributed by atoms with van der Waals surface area (Å²) in [6, 6.07) is 11.9. The molecule has 2 heterocycles. The first-order chi connectivity index (χ1) is 13.0. The number of carbonyl (C=O) groups excluding carboxylic acids is 2. The van der Waals surface area contributed by atoms with Crippen LogP contribution in [0.2, 0.25) is 0 Å². The second kappa shape index (κ2) is 7.64. The lowest BCUT2D eigenvalue weighted by molar-refractivity contribution is -0.132. The van der Waals surface area contributed by atoms with E-state index in [0.717, 1.165) is 32.8 Å². The van der Waals surface area contributed by atoms with Crippen LogP contribution in [0.5, 0.6) is 0 Å². The zero-order chi connectivity index (χ0) is 19.0. The maximum absolute atomic E-state index is 13.7. The Balaban J connectivity index is 1.49. The molecule has 0 aliphatic carbocycles. The first-order valence-electron chi connectivity index (χ1n) is 8.82. The Morgan fingerprint density at radius 1 is 1.22 bits per heavy atom. The molecule has 2 aromatic carbocycles. The van der Waals surface area contributed by atoms with Crippen LogP contribution < -0.4 is 10.2 Å². The van der Waals surface area contributed by atoms with Crippen molar-refractivity contribution in [2.75, 3.05) is 17.2 Å². The lowest BCUT2D eigenvalue weighted by Gasteiger charge is -2.27. The van der Waals surface area contributed by atoms with E-state index in [4.69, 9.17) is 0 Å². The van der Waals surface area contributed by atoms with Crippen LogP contribution in [-0.4, -0.2) is 24.1 Å². The van der Waals surface area contributed by atoms with E-state index in [1.807, 2.05) is 24.3 Å². The van der Waals surface area contributed by atoms with Gasteiger partial charge < -0.3 is 10.2 Å². The molecule has 0 spiro atoms. The van der Waals surface area contributed by atoms with Gasteiger partial charge in [-0.15, -0.1) is 11.8 Å². The number of hydrogen-bond donors (Lipinski definition) is 1. The van der Waals surface area contributed by atoms with Gasteiger partial charge in [-0.1, -0.05) is 22.0 Å². The molecule has 2 aliphatic rings. The third-order valence-electron chi connectivity index (χ3n) is 4.97. The number of nitrogens with one attached hydrogen (secondary N) is 1. The maximum Gasteiger partial charge on any atom is 0.239 e. The van der Waals surface area contributed by atoms with Gasteiger partial charge in [0.25, 0.3) is 0 Å². The number of benzene rings is 2. The Morgan fingerprint density at radius 2 is 2.07 bits per heavy atom. The van der Waals surface area contributed by atoms with Gasteiger partial charge in [-0.05, 0) is 54.8 Å². The minimum atomic E-state index is -0.699. The molecule has 7 heteroatoms. The van der Waals surface area contributed by atoms with Crippen molar-refractivity contribution in [1.29, 1.82) is 0 Å². The van der Waals surface area contributed by atoms with Crippen LogP contribution in [-0.2, 0) is 9.59 Å². The fourth-order valence-electron chi connectivity index (χ4n) is 3.61. The highest BCUT2D eigenvalue weighted by Crippen LogP contribution is 2.37. The lowest BCUT2D eigenvalue weighted by atomic mass is 10.0. The number of halogens is 2. The molecule has 2 unspecified atom stereocenters. The fourth-order valence-corrected chi connectivity index (χ4v) is 5.10. The molecule has 2 atom stereocenters. The van der Waals surface area contributed by atoms with Crippen molar-refractivity contribution in [1.82, 2.24) is 5.32 Å². The van der Waals surface area contributed by atoms with E-state index in [-0.39, 0.29) is 23.7 Å².